The molecule has 4 N–H and O–H groups in total. The smallest absolute Gasteiger partial charge is 0.328 e. The molecular formula is C34H46N2O8SSi. The number of carbonyl (C=O) groups is 3. The van der Waals surface area contributed by atoms with Crippen molar-refractivity contribution in [2.24, 2.45) is 11.7 Å². The van der Waals surface area contributed by atoms with Crippen molar-refractivity contribution < 1.29 is 36.5 Å². The van der Waals surface area contributed by atoms with Gasteiger partial charge in [0.25, 0.3) is 18.4 Å². The molecule has 0 spiro atoms. The third kappa shape index (κ3) is 10.4. The Labute approximate surface area is 273 Å². The van der Waals surface area contributed by atoms with E-state index in [1.54, 1.807) is 19.1 Å². The highest BCUT2D eigenvalue weighted by Gasteiger charge is 2.50. The number of Topliss-reactive ketones (excluding diaryl/α,β-unsaturated/α-hetero) is 1. The molecule has 0 aliphatic carbocycles. The van der Waals surface area contributed by atoms with Crippen LogP contribution in [0.15, 0.2) is 89.8 Å². The van der Waals surface area contributed by atoms with Crippen molar-refractivity contribution in [3.05, 3.63) is 90.5 Å². The number of rotatable bonds is 12. The van der Waals surface area contributed by atoms with Crippen molar-refractivity contribution in [2.75, 3.05) is 13.7 Å². The first-order valence-electron chi connectivity index (χ1n) is 14.9. The maximum atomic E-state index is 13.2. The fourth-order valence-electron chi connectivity index (χ4n) is 4.92. The van der Waals surface area contributed by atoms with Crippen LogP contribution in [0.1, 0.15) is 46.6 Å². The first-order chi connectivity index (χ1) is 21.4. The molecule has 3 rings (SSSR count). The van der Waals surface area contributed by atoms with Gasteiger partial charge in [0.1, 0.15) is 11.8 Å². The van der Waals surface area contributed by atoms with Crippen molar-refractivity contribution >= 4 is 46.5 Å². The Morgan fingerprint density at radius 1 is 0.891 bits per heavy atom. The van der Waals surface area contributed by atoms with Gasteiger partial charge < -0.3 is 20.2 Å². The normalized spacial score (nSPS) is 13.8. The fourth-order valence-corrected chi connectivity index (χ4v) is 10.0. The van der Waals surface area contributed by atoms with Gasteiger partial charge in [-0.2, -0.15) is 8.42 Å². The molecule has 10 nitrogen and oxygen atoms in total. The zero-order chi connectivity index (χ0) is 34.7. The largest absolute Gasteiger partial charge is 0.467 e. The molecule has 0 bridgehead atoms. The van der Waals surface area contributed by atoms with E-state index < -0.39 is 48.3 Å². The van der Waals surface area contributed by atoms with Crippen LogP contribution in [0.3, 0.4) is 0 Å². The van der Waals surface area contributed by atoms with Crippen LogP contribution in [0.4, 0.5) is 0 Å². The van der Waals surface area contributed by atoms with Gasteiger partial charge in [0.2, 0.25) is 5.91 Å². The van der Waals surface area contributed by atoms with E-state index in [1.165, 1.54) is 26.2 Å². The number of benzene rings is 3. The van der Waals surface area contributed by atoms with Gasteiger partial charge >= 0.3 is 5.97 Å². The molecule has 3 atom stereocenters. The van der Waals surface area contributed by atoms with Crippen LogP contribution in [-0.2, 0) is 33.7 Å². The van der Waals surface area contributed by atoms with Gasteiger partial charge in [-0.25, -0.2) is 4.79 Å². The first kappa shape index (κ1) is 38.5. The van der Waals surface area contributed by atoms with Crippen molar-refractivity contribution in [3.8, 4) is 0 Å². The standard InChI is InChI=1S/C27H38N2O5Si.C7H8O3S/c1-19(28)24(30)17-21(25(31)29-20(2)26(32)33-6)18-34-35(27(3,4)5,22-13-9-7-10-14-22)23-15-11-8-12-16-23;1-6-2-4-7(5-3-6)11(8,9)10/h7-16,19-21H,17-18,28H2,1-6H3,(H,29,31);2-5H,1H3,(H,8,9,10)/t19-,20-,21-;/m0./s1. The van der Waals surface area contributed by atoms with Crippen LogP contribution in [0.25, 0.3) is 0 Å². The molecule has 46 heavy (non-hydrogen) atoms. The number of aryl methyl sites for hydroxylation is 1. The topological polar surface area (TPSA) is 162 Å². The van der Waals surface area contributed by atoms with Crippen LogP contribution in [0, 0.1) is 12.8 Å². The van der Waals surface area contributed by atoms with Crippen molar-refractivity contribution in [1.82, 2.24) is 5.32 Å². The Bertz CT molecular complexity index is 1500. The molecule has 0 saturated heterocycles. The predicted molar refractivity (Wildman–Crippen MR) is 181 cm³/mol. The Morgan fingerprint density at radius 3 is 1.76 bits per heavy atom. The average molecular weight is 671 g/mol. The number of amides is 1. The van der Waals surface area contributed by atoms with E-state index in [0.717, 1.165) is 15.9 Å². The zero-order valence-corrected chi connectivity index (χ0v) is 29.3. The molecule has 12 heteroatoms. The summed E-state index contributed by atoms with van der Waals surface area (Å²) in [6.45, 7) is 11.4. The summed E-state index contributed by atoms with van der Waals surface area (Å²) in [6.07, 6.45) is -0.0877. The molecule has 3 aromatic rings. The Morgan fingerprint density at radius 2 is 1.37 bits per heavy atom. The molecule has 0 aliphatic rings. The Hall–Kier alpha value is -3.68. The second kappa shape index (κ2) is 16.8. The SMILES string of the molecule is COC(=O)[C@H](C)NC(=O)[C@H](CO[Si](c1ccccc1)(c1ccccc1)C(C)(C)C)CC(=O)[C@H](C)N.Cc1ccc(S(=O)(=O)O)cc1. The molecule has 0 heterocycles. The Balaban J connectivity index is 0.000000562. The number of esters is 1. The first-order valence-corrected chi connectivity index (χ1v) is 18.2. The van der Waals surface area contributed by atoms with E-state index >= 15 is 0 Å². The number of carbonyl (C=O) groups excluding carboxylic acids is 3. The highest BCUT2D eigenvalue weighted by Crippen LogP contribution is 2.37. The van der Waals surface area contributed by atoms with Crippen molar-refractivity contribution in [2.45, 2.75) is 70.0 Å². The van der Waals surface area contributed by atoms with E-state index in [4.69, 9.17) is 19.4 Å². The lowest BCUT2D eigenvalue weighted by Crippen LogP contribution is -2.67. The lowest BCUT2D eigenvalue weighted by Gasteiger charge is -2.43. The van der Waals surface area contributed by atoms with Crippen molar-refractivity contribution in [3.63, 3.8) is 0 Å². The summed E-state index contributed by atoms with van der Waals surface area (Å²) in [6, 6.07) is 24.5. The molecular weight excluding hydrogens is 625 g/mol. The molecule has 0 unspecified atom stereocenters. The molecule has 0 radical (unpaired) electrons. The predicted octanol–water partition coefficient (Wildman–Crippen LogP) is 3.41. The minimum Gasteiger partial charge on any atom is -0.467 e. The second-order valence-electron chi connectivity index (χ2n) is 12.2. The summed E-state index contributed by atoms with van der Waals surface area (Å²) in [4.78, 5) is 37.6. The minimum absolute atomic E-state index is 0.00542. The molecule has 0 saturated carbocycles. The average Bonchev–Trinajstić information content (AvgIpc) is 3.00. The van der Waals surface area contributed by atoms with E-state index in [1.807, 2.05) is 43.3 Å². The van der Waals surface area contributed by atoms with Gasteiger partial charge in [-0.1, -0.05) is 99.1 Å². The molecule has 0 fully saturated rings. The lowest BCUT2D eigenvalue weighted by molar-refractivity contribution is -0.145. The Kier molecular flexibility index (Phi) is 14.0. The number of hydrogen-bond donors (Lipinski definition) is 3. The van der Waals surface area contributed by atoms with E-state index in [9.17, 15) is 22.8 Å². The number of ketones is 1. The minimum atomic E-state index is -4.02. The number of nitrogens with one attached hydrogen (secondary N) is 1. The lowest BCUT2D eigenvalue weighted by atomic mass is 9.99. The number of methoxy groups -OCH3 is 1. The van der Waals surface area contributed by atoms with Gasteiger partial charge in [-0.15, -0.1) is 0 Å². The summed E-state index contributed by atoms with van der Waals surface area (Å²) >= 11 is 0. The van der Waals surface area contributed by atoms with E-state index in [2.05, 4.69) is 50.4 Å². The summed E-state index contributed by atoms with van der Waals surface area (Å²) < 4.78 is 41.1. The van der Waals surface area contributed by atoms with Gasteiger partial charge in [0.05, 0.1) is 24.0 Å². The van der Waals surface area contributed by atoms with Crippen LogP contribution in [-0.4, -0.2) is 64.7 Å². The number of nitrogens with two attached hydrogens (primary N) is 1. The monoisotopic (exact) mass is 670 g/mol. The maximum absolute atomic E-state index is 13.2. The quantitative estimate of drug-likeness (QED) is 0.149. The third-order valence-electron chi connectivity index (χ3n) is 7.48. The van der Waals surface area contributed by atoms with E-state index in [0.29, 0.717) is 0 Å². The third-order valence-corrected chi connectivity index (χ3v) is 13.3. The van der Waals surface area contributed by atoms with Crippen LogP contribution >= 0.6 is 0 Å². The highest BCUT2D eigenvalue weighted by molar-refractivity contribution is 7.85. The van der Waals surface area contributed by atoms with Gasteiger partial charge in [-0.3, -0.25) is 14.1 Å². The molecule has 0 aliphatic heterocycles. The summed E-state index contributed by atoms with van der Waals surface area (Å²) in [7, 11) is -5.68. The molecule has 1 amide bonds. The van der Waals surface area contributed by atoms with Gasteiger partial charge in [0, 0.05) is 13.0 Å². The van der Waals surface area contributed by atoms with Crippen molar-refractivity contribution in [1.29, 1.82) is 0 Å². The van der Waals surface area contributed by atoms with Gasteiger partial charge in [-0.05, 0) is 48.3 Å². The highest BCUT2D eigenvalue weighted by atomic mass is 32.2. The zero-order valence-electron chi connectivity index (χ0n) is 27.5. The van der Waals surface area contributed by atoms with Gasteiger partial charge in [0.15, 0.2) is 0 Å². The fraction of sp³-hybridized carbons (Fsp3) is 0.382. The number of hydrogen-bond acceptors (Lipinski definition) is 8. The summed E-state index contributed by atoms with van der Waals surface area (Å²) in [5, 5.41) is 4.51. The summed E-state index contributed by atoms with van der Waals surface area (Å²) in [5.74, 6) is -2.08. The number of ether oxygens (including phenoxy) is 1. The van der Waals surface area contributed by atoms with Crippen LogP contribution < -0.4 is 21.4 Å². The second-order valence-corrected chi connectivity index (χ2v) is 17.9. The molecule has 3 aromatic carbocycles. The summed E-state index contributed by atoms with van der Waals surface area (Å²) in [5.41, 5.74) is 6.76. The van der Waals surface area contributed by atoms with Crippen LogP contribution in [0.2, 0.25) is 5.04 Å². The molecule has 250 valence electrons. The van der Waals surface area contributed by atoms with E-state index in [-0.39, 0.29) is 28.7 Å². The maximum Gasteiger partial charge on any atom is 0.328 e. The molecule has 0 aromatic heterocycles. The van der Waals surface area contributed by atoms with Crippen LogP contribution in [0.5, 0.6) is 0 Å².